The van der Waals surface area contributed by atoms with Gasteiger partial charge >= 0.3 is 0 Å². The molecule has 0 saturated heterocycles. The van der Waals surface area contributed by atoms with E-state index in [4.69, 9.17) is 19.9 Å². The first-order chi connectivity index (χ1) is 8.76. The first kappa shape index (κ1) is 15.0. The first-order valence-corrected chi connectivity index (χ1v) is 6.86. The summed E-state index contributed by atoms with van der Waals surface area (Å²) in [6.07, 6.45) is 2.68. The molecule has 7 heteroatoms. The standard InChI is InChI=1S/C11H19N3O3S/c1-15-6-7-16-4-3-5-17-10-8-9(12)13-11(14-10)18-2/h8H,3-7H2,1-2H3,(H2,12,13,14). The van der Waals surface area contributed by atoms with Crippen molar-refractivity contribution in [2.24, 2.45) is 0 Å². The smallest absolute Gasteiger partial charge is 0.219 e. The minimum absolute atomic E-state index is 0.417. The van der Waals surface area contributed by atoms with Crippen LogP contribution in [0.5, 0.6) is 5.88 Å². The third-order valence-corrected chi connectivity index (χ3v) is 2.55. The van der Waals surface area contributed by atoms with E-state index in [-0.39, 0.29) is 0 Å². The van der Waals surface area contributed by atoms with Gasteiger partial charge in [-0.2, -0.15) is 4.98 Å². The summed E-state index contributed by atoms with van der Waals surface area (Å²) in [4.78, 5) is 8.23. The SMILES string of the molecule is COCCOCCCOc1cc(N)nc(SC)n1. The molecule has 0 amide bonds. The molecule has 6 nitrogen and oxygen atoms in total. The minimum atomic E-state index is 0.417. The average Bonchev–Trinajstić information content (AvgIpc) is 2.37. The Labute approximate surface area is 111 Å². The van der Waals surface area contributed by atoms with Crippen molar-refractivity contribution in [1.29, 1.82) is 0 Å². The van der Waals surface area contributed by atoms with Crippen LogP contribution in [0.2, 0.25) is 0 Å². The number of aromatic nitrogens is 2. The van der Waals surface area contributed by atoms with Crippen LogP contribution in [0.4, 0.5) is 5.82 Å². The highest BCUT2D eigenvalue weighted by atomic mass is 32.2. The van der Waals surface area contributed by atoms with E-state index in [1.807, 2.05) is 6.26 Å². The average molecular weight is 273 g/mol. The van der Waals surface area contributed by atoms with Crippen LogP contribution in [-0.2, 0) is 9.47 Å². The van der Waals surface area contributed by atoms with Gasteiger partial charge in [0.15, 0.2) is 5.16 Å². The zero-order valence-corrected chi connectivity index (χ0v) is 11.5. The Hall–Kier alpha value is -1.05. The summed E-state index contributed by atoms with van der Waals surface area (Å²) in [6, 6.07) is 1.62. The van der Waals surface area contributed by atoms with Crippen LogP contribution >= 0.6 is 11.8 Å². The quantitative estimate of drug-likeness (QED) is 0.411. The Morgan fingerprint density at radius 1 is 1.22 bits per heavy atom. The highest BCUT2D eigenvalue weighted by molar-refractivity contribution is 7.98. The van der Waals surface area contributed by atoms with E-state index in [9.17, 15) is 0 Å². The van der Waals surface area contributed by atoms with Crippen LogP contribution < -0.4 is 10.5 Å². The molecule has 1 aromatic rings. The number of rotatable bonds is 9. The Morgan fingerprint density at radius 3 is 2.78 bits per heavy atom. The molecular weight excluding hydrogens is 254 g/mol. The van der Waals surface area contributed by atoms with Crippen molar-refractivity contribution in [3.8, 4) is 5.88 Å². The highest BCUT2D eigenvalue weighted by Crippen LogP contribution is 2.16. The Kier molecular flexibility index (Phi) is 7.47. The molecule has 0 bridgehead atoms. The van der Waals surface area contributed by atoms with Crippen molar-refractivity contribution < 1.29 is 14.2 Å². The number of nitrogen functional groups attached to an aromatic ring is 1. The van der Waals surface area contributed by atoms with E-state index >= 15 is 0 Å². The maximum absolute atomic E-state index is 5.64. The molecule has 1 aromatic heterocycles. The number of nitrogens with two attached hydrogens (primary N) is 1. The van der Waals surface area contributed by atoms with Crippen molar-refractivity contribution in [3.05, 3.63) is 6.07 Å². The lowest BCUT2D eigenvalue weighted by atomic mass is 10.5. The van der Waals surface area contributed by atoms with E-state index in [0.29, 0.717) is 43.3 Å². The molecule has 0 aliphatic rings. The third kappa shape index (κ3) is 6.04. The monoisotopic (exact) mass is 273 g/mol. The summed E-state index contributed by atoms with van der Waals surface area (Å²) >= 11 is 1.43. The van der Waals surface area contributed by atoms with Crippen LogP contribution in [0.15, 0.2) is 11.2 Å². The van der Waals surface area contributed by atoms with Crippen molar-refractivity contribution in [3.63, 3.8) is 0 Å². The maximum atomic E-state index is 5.64. The molecule has 0 spiro atoms. The zero-order chi connectivity index (χ0) is 13.2. The van der Waals surface area contributed by atoms with Crippen LogP contribution in [0, 0.1) is 0 Å². The first-order valence-electron chi connectivity index (χ1n) is 5.64. The topological polar surface area (TPSA) is 79.5 Å². The van der Waals surface area contributed by atoms with Crippen molar-refractivity contribution in [2.45, 2.75) is 11.6 Å². The van der Waals surface area contributed by atoms with Gasteiger partial charge in [-0.1, -0.05) is 11.8 Å². The fourth-order valence-corrected chi connectivity index (χ4v) is 1.55. The van der Waals surface area contributed by atoms with Crippen molar-refractivity contribution >= 4 is 17.6 Å². The number of thioether (sulfide) groups is 1. The number of ether oxygens (including phenoxy) is 3. The number of hydrogen-bond acceptors (Lipinski definition) is 7. The molecule has 0 radical (unpaired) electrons. The molecule has 0 fully saturated rings. The highest BCUT2D eigenvalue weighted by Gasteiger charge is 2.02. The Balaban J connectivity index is 2.20. The molecule has 0 aliphatic heterocycles. The van der Waals surface area contributed by atoms with Crippen molar-refractivity contribution in [2.75, 3.05) is 45.5 Å². The van der Waals surface area contributed by atoms with Crippen molar-refractivity contribution in [1.82, 2.24) is 9.97 Å². The molecule has 0 aromatic carbocycles. The number of nitrogens with zero attached hydrogens (tertiary/aromatic N) is 2. The fourth-order valence-electron chi connectivity index (χ4n) is 1.17. The fraction of sp³-hybridized carbons (Fsp3) is 0.636. The number of anilines is 1. The molecule has 0 unspecified atom stereocenters. The summed E-state index contributed by atoms with van der Waals surface area (Å²) in [5, 5.41) is 0.612. The predicted octanol–water partition coefficient (Wildman–Crippen LogP) is 1.21. The van der Waals surface area contributed by atoms with Gasteiger partial charge in [0.25, 0.3) is 0 Å². The van der Waals surface area contributed by atoms with Crippen LogP contribution in [0.1, 0.15) is 6.42 Å². The molecule has 102 valence electrons. The van der Waals surface area contributed by atoms with Crippen LogP contribution in [-0.4, -0.2) is 49.8 Å². The molecular formula is C11H19N3O3S. The van der Waals surface area contributed by atoms with Gasteiger partial charge in [-0.25, -0.2) is 4.98 Å². The molecule has 2 N–H and O–H groups in total. The summed E-state index contributed by atoms with van der Waals surface area (Å²) < 4.78 is 15.7. The van der Waals surface area contributed by atoms with Gasteiger partial charge in [0.05, 0.1) is 19.8 Å². The molecule has 0 atom stereocenters. The lowest BCUT2D eigenvalue weighted by Crippen LogP contribution is -2.08. The number of hydrogen-bond donors (Lipinski definition) is 1. The lowest BCUT2D eigenvalue weighted by molar-refractivity contribution is 0.0641. The zero-order valence-electron chi connectivity index (χ0n) is 10.7. The summed E-state index contributed by atoms with van der Waals surface area (Å²) in [7, 11) is 1.65. The summed E-state index contributed by atoms with van der Waals surface area (Å²) in [5.74, 6) is 0.921. The van der Waals surface area contributed by atoms with Gasteiger partial charge in [0.1, 0.15) is 5.82 Å². The second-order valence-electron chi connectivity index (χ2n) is 3.42. The third-order valence-electron chi connectivity index (χ3n) is 2.00. The second kappa shape index (κ2) is 8.96. The van der Waals surface area contributed by atoms with Crippen LogP contribution in [0.3, 0.4) is 0 Å². The van der Waals surface area contributed by atoms with Gasteiger partial charge in [-0.3, -0.25) is 0 Å². The molecule has 0 saturated carbocycles. The Bertz CT molecular complexity index is 352. The number of methoxy groups -OCH3 is 1. The molecule has 0 aliphatic carbocycles. The van der Waals surface area contributed by atoms with Gasteiger partial charge < -0.3 is 19.9 Å². The van der Waals surface area contributed by atoms with Gasteiger partial charge in [-0.15, -0.1) is 0 Å². The van der Waals surface area contributed by atoms with E-state index in [0.717, 1.165) is 6.42 Å². The summed E-state index contributed by atoms with van der Waals surface area (Å²) in [6.45, 7) is 2.39. The second-order valence-corrected chi connectivity index (χ2v) is 4.20. The van der Waals surface area contributed by atoms with E-state index < -0.39 is 0 Å². The minimum Gasteiger partial charge on any atom is -0.477 e. The lowest BCUT2D eigenvalue weighted by Gasteiger charge is -2.07. The van der Waals surface area contributed by atoms with Gasteiger partial charge in [0.2, 0.25) is 5.88 Å². The van der Waals surface area contributed by atoms with Gasteiger partial charge in [0, 0.05) is 26.2 Å². The van der Waals surface area contributed by atoms with Crippen LogP contribution in [0.25, 0.3) is 0 Å². The normalized spacial score (nSPS) is 10.6. The van der Waals surface area contributed by atoms with E-state index in [2.05, 4.69) is 9.97 Å². The predicted molar refractivity (Wildman–Crippen MR) is 71.0 cm³/mol. The van der Waals surface area contributed by atoms with E-state index in [1.165, 1.54) is 11.8 Å². The largest absolute Gasteiger partial charge is 0.477 e. The van der Waals surface area contributed by atoms with Gasteiger partial charge in [-0.05, 0) is 6.26 Å². The molecule has 1 rings (SSSR count). The Morgan fingerprint density at radius 2 is 2.06 bits per heavy atom. The maximum Gasteiger partial charge on any atom is 0.219 e. The molecule has 18 heavy (non-hydrogen) atoms. The molecule has 1 heterocycles. The van der Waals surface area contributed by atoms with E-state index in [1.54, 1.807) is 13.2 Å². The summed E-state index contributed by atoms with van der Waals surface area (Å²) in [5.41, 5.74) is 5.64.